The predicted octanol–water partition coefficient (Wildman–Crippen LogP) is 0.545. The van der Waals surface area contributed by atoms with E-state index in [1.807, 2.05) is 12.7 Å². The zero-order valence-electron chi connectivity index (χ0n) is 7.35. The number of likely N-dealkylation sites (tertiary alicyclic amines) is 1. The third kappa shape index (κ3) is 1.48. The maximum Gasteiger partial charge on any atom is 0.119 e. The van der Waals surface area contributed by atoms with Crippen LogP contribution >= 0.6 is 0 Å². The van der Waals surface area contributed by atoms with Crippen molar-refractivity contribution >= 4 is 0 Å². The van der Waals surface area contributed by atoms with Crippen LogP contribution in [0, 0.1) is 0 Å². The molecule has 1 aromatic heterocycles. The van der Waals surface area contributed by atoms with Crippen LogP contribution in [0.5, 0.6) is 0 Å². The molecule has 0 spiro atoms. The van der Waals surface area contributed by atoms with Gasteiger partial charge in [-0.15, -0.1) is 10.2 Å². The van der Waals surface area contributed by atoms with Gasteiger partial charge in [-0.2, -0.15) is 0 Å². The van der Waals surface area contributed by atoms with Gasteiger partial charge in [0.05, 0.1) is 0 Å². The topological polar surface area (TPSA) is 34.0 Å². The van der Waals surface area contributed by atoms with Crippen LogP contribution in [-0.2, 0) is 0 Å². The monoisotopic (exact) mass is 166 g/mol. The largest absolute Gasteiger partial charge is 0.316 e. The van der Waals surface area contributed by atoms with Crippen molar-refractivity contribution in [3.63, 3.8) is 0 Å². The summed E-state index contributed by atoms with van der Waals surface area (Å²) in [4.78, 5) is 2.36. The summed E-state index contributed by atoms with van der Waals surface area (Å²) in [5, 5.41) is 7.63. The zero-order valence-corrected chi connectivity index (χ0v) is 7.35. The molecule has 0 radical (unpaired) electrons. The fourth-order valence-corrected chi connectivity index (χ4v) is 1.78. The van der Waals surface area contributed by atoms with Crippen LogP contribution in [0.1, 0.15) is 18.9 Å². The second-order valence-electron chi connectivity index (χ2n) is 3.47. The molecule has 4 heteroatoms. The van der Waals surface area contributed by atoms with Crippen molar-refractivity contribution in [1.29, 1.82) is 0 Å². The van der Waals surface area contributed by atoms with E-state index in [2.05, 4.69) is 26.7 Å². The van der Waals surface area contributed by atoms with Crippen LogP contribution in [0.3, 0.4) is 0 Å². The maximum atomic E-state index is 3.82. The molecule has 0 saturated carbocycles. The molecule has 1 fully saturated rings. The molecule has 1 aliphatic rings. The van der Waals surface area contributed by atoms with Crippen LogP contribution in [0.15, 0.2) is 12.7 Å². The van der Waals surface area contributed by atoms with E-state index in [0.29, 0.717) is 6.04 Å². The molecule has 1 atom stereocenters. The average molecular weight is 166 g/mol. The molecule has 12 heavy (non-hydrogen) atoms. The number of nitrogens with zero attached hydrogens (tertiary/aromatic N) is 4. The Bertz CT molecular complexity index is 231. The number of likely N-dealkylation sites (N-methyl/N-ethyl adjacent to an activating group) is 1. The van der Waals surface area contributed by atoms with E-state index >= 15 is 0 Å². The quantitative estimate of drug-likeness (QED) is 0.610. The number of aromatic nitrogens is 3. The van der Waals surface area contributed by atoms with E-state index in [1.165, 1.54) is 19.4 Å². The Morgan fingerprint density at radius 3 is 2.75 bits per heavy atom. The van der Waals surface area contributed by atoms with Crippen LogP contribution in [-0.4, -0.2) is 39.8 Å². The molecule has 0 amide bonds. The molecular formula is C8H14N4. The summed E-state index contributed by atoms with van der Waals surface area (Å²) >= 11 is 0. The Morgan fingerprint density at radius 2 is 2.08 bits per heavy atom. The Kier molecular flexibility index (Phi) is 2.08. The van der Waals surface area contributed by atoms with Gasteiger partial charge in [0, 0.05) is 12.6 Å². The molecule has 66 valence electrons. The lowest BCUT2D eigenvalue weighted by molar-refractivity contribution is 0.212. The third-order valence-electron chi connectivity index (χ3n) is 2.46. The first kappa shape index (κ1) is 7.73. The minimum atomic E-state index is 0.582. The molecule has 2 rings (SSSR count). The van der Waals surface area contributed by atoms with E-state index in [4.69, 9.17) is 0 Å². The standard InChI is InChI=1S/C8H14N4/c1-11-4-2-3-8(5-11)12-6-9-10-7-12/h6-8H,2-5H2,1H3. The zero-order chi connectivity index (χ0) is 8.39. The van der Waals surface area contributed by atoms with E-state index in [0.717, 1.165) is 6.54 Å². The Labute approximate surface area is 72.2 Å². The van der Waals surface area contributed by atoms with Crippen LogP contribution in [0.4, 0.5) is 0 Å². The van der Waals surface area contributed by atoms with Gasteiger partial charge < -0.3 is 9.47 Å². The van der Waals surface area contributed by atoms with Gasteiger partial charge in [-0.25, -0.2) is 0 Å². The molecule has 0 bridgehead atoms. The van der Waals surface area contributed by atoms with Crippen molar-refractivity contribution in [1.82, 2.24) is 19.7 Å². The molecule has 2 heterocycles. The highest BCUT2D eigenvalue weighted by Gasteiger charge is 2.17. The molecule has 1 saturated heterocycles. The number of hydrogen-bond donors (Lipinski definition) is 0. The van der Waals surface area contributed by atoms with Crippen LogP contribution in [0.2, 0.25) is 0 Å². The molecule has 0 aromatic carbocycles. The Balaban J connectivity index is 2.04. The first-order valence-electron chi connectivity index (χ1n) is 4.39. The minimum Gasteiger partial charge on any atom is -0.316 e. The lowest BCUT2D eigenvalue weighted by atomic mass is 10.1. The van der Waals surface area contributed by atoms with Gasteiger partial charge in [-0.3, -0.25) is 0 Å². The summed E-state index contributed by atoms with van der Waals surface area (Å²) in [6.45, 7) is 2.34. The van der Waals surface area contributed by atoms with E-state index in [9.17, 15) is 0 Å². The van der Waals surface area contributed by atoms with Gasteiger partial charge in [0.2, 0.25) is 0 Å². The average Bonchev–Trinajstić information content (AvgIpc) is 2.56. The molecule has 1 aliphatic heterocycles. The first-order valence-corrected chi connectivity index (χ1v) is 4.39. The fourth-order valence-electron chi connectivity index (χ4n) is 1.78. The molecule has 4 nitrogen and oxygen atoms in total. The normalized spacial score (nSPS) is 25.9. The lowest BCUT2D eigenvalue weighted by Crippen LogP contribution is -2.33. The summed E-state index contributed by atoms with van der Waals surface area (Å²) in [5.41, 5.74) is 0. The highest BCUT2D eigenvalue weighted by molar-refractivity contribution is 4.78. The maximum absolute atomic E-state index is 3.82. The van der Waals surface area contributed by atoms with Crippen molar-refractivity contribution in [2.45, 2.75) is 18.9 Å². The van der Waals surface area contributed by atoms with Gasteiger partial charge in [-0.05, 0) is 26.4 Å². The van der Waals surface area contributed by atoms with Gasteiger partial charge >= 0.3 is 0 Å². The SMILES string of the molecule is CN1CCCC(n2cnnc2)C1. The van der Waals surface area contributed by atoms with Gasteiger partial charge in [-0.1, -0.05) is 0 Å². The summed E-state index contributed by atoms with van der Waals surface area (Å²) < 4.78 is 2.11. The van der Waals surface area contributed by atoms with Crippen LogP contribution in [0.25, 0.3) is 0 Å². The molecular weight excluding hydrogens is 152 g/mol. The van der Waals surface area contributed by atoms with Crippen LogP contribution < -0.4 is 0 Å². The van der Waals surface area contributed by atoms with E-state index in [1.54, 1.807) is 0 Å². The second kappa shape index (κ2) is 3.23. The van der Waals surface area contributed by atoms with Crippen molar-refractivity contribution in [3.05, 3.63) is 12.7 Å². The number of rotatable bonds is 1. The first-order chi connectivity index (χ1) is 5.86. The molecule has 1 unspecified atom stereocenters. The molecule has 1 aromatic rings. The van der Waals surface area contributed by atoms with Crippen molar-refractivity contribution in [2.75, 3.05) is 20.1 Å². The summed E-state index contributed by atoms with van der Waals surface area (Å²) in [6.07, 6.45) is 6.15. The Hall–Kier alpha value is -0.900. The van der Waals surface area contributed by atoms with E-state index in [-0.39, 0.29) is 0 Å². The van der Waals surface area contributed by atoms with Crippen molar-refractivity contribution < 1.29 is 0 Å². The smallest absolute Gasteiger partial charge is 0.119 e. The fraction of sp³-hybridized carbons (Fsp3) is 0.750. The number of hydrogen-bond acceptors (Lipinski definition) is 3. The summed E-state index contributed by atoms with van der Waals surface area (Å²) in [5.74, 6) is 0. The highest BCUT2D eigenvalue weighted by Crippen LogP contribution is 2.18. The molecule has 0 N–H and O–H groups in total. The minimum absolute atomic E-state index is 0.582. The summed E-state index contributed by atoms with van der Waals surface area (Å²) in [6, 6.07) is 0.582. The molecule has 0 aliphatic carbocycles. The Morgan fingerprint density at radius 1 is 1.33 bits per heavy atom. The number of piperidine rings is 1. The third-order valence-corrected chi connectivity index (χ3v) is 2.46. The van der Waals surface area contributed by atoms with Crippen molar-refractivity contribution in [2.24, 2.45) is 0 Å². The second-order valence-corrected chi connectivity index (χ2v) is 3.47. The van der Waals surface area contributed by atoms with Gasteiger partial charge in [0.25, 0.3) is 0 Å². The highest BCUT2D eigenvalue weighted by atomic mass is 15.3. The van der Waals surface area contributed by atoms with Crippen molar-refractivity contribution in [3.8, 4) is 0 Å². The van der Waals surface area contributed by atoms with Gasteiger partial charge in [0.1, 0.15) is 12.7 Å². The summed E-state index contributed by atoms with van der Waals surface area (Å²) in [7, 11) is 2.16. The van der Waals surface area contributed by atoms with E-state index < -0.39 is 0 Å². The lowest BCUT2D eigenvalue weighted by Gasteiger charge is -2.29. The predicted molar refractivity (Wildman–Crippen MR) is 45.8 cm³/mol. The van der Waals surface area contributed by atoms with Gasteiger partial charge in [0.15, 0.2) is 0 Å².